The summed E-state index contributed by atoms with van der Waals surface area (Å²) >= 11 is 0. The van der Waals surface area contributed by atoms with Crippen molar-refractivity contribution in [1.82, 2.24) is 15.2 Å². The van der Waals surface area contributed by atoms with Crippen LogP contribution in [0.15, 0.2) is 24.5 Å². The largest absolute Gasteiger partial charge is 0.389 e. The topological polar surface area (TPSA) is 45.2 Å². The van der Waals surface area contributed by atoms with E-state index < -0.39 is 24.9 Å². The molecule has 0 aromatic carbocycles. The highest BCUT2D eigenvalue weighted by Crippen LogP contribution is 2.23. The van der Waals surface area contributed by atoms with E-state index in [-0.39, 0.29) is 0 Å². The van der Waals surface area contributed by atoms with Gasteiger partial charge in [-0.15, -0.1) is 0 Å². The SMILES string of the molecule is O=C(CCC(F)(F)F)N(Cc1cccnc1)C[C@H]1CCNC1. The van der Waals surface area contributed by atoms with E-state index in [1.54, 1.807) is 18.5 Å². The van der Waals surface area contributed by atoms with Crippen LogP contribution in [-0.2, 0) is 11.3 Å². The van der Waals surface area contributed by atoms with Crippen molar-refractivity contribution in [2.75, 3.05) is 19.6 Å². The van der Waals surface area contributed by atoms with Gasteiger partial charge in [-0.3, -0.25) is 9.78 Å². The van der Waals surface area contributed by atoms with Crippen molar-refractivity contribution < 1.29 is 18.0 Å². The average molecular weight is 315 g/mol. The third kappa shape index (κ3) is 5.63. The Morgan fingerprint density at radius 1 is 1.45 bits per heavy atom. The molecule has 1 saturated heterocycles. The second-order valence-electron chi connectivity index (χ2n) is 5.61. The summed E-state index contributed by atoms with van der Waals surface area (Å²) in [5.74, 6) is -0.153. The van der Waals surface area contributed by atoms with Gasteiger partial charge in [-0.25, -0.2) is 0 Å². The number of carbonyl (C=O) groups excluding carboxylic acids is 1. The van der Waals surface area contributed by atoms with Crippen molar-refractivity contribution in [3.63, 3.8) is 0 Å². The highest BCUT2D eigenvalue weighted by molar-refractivity contribution is 5.76. The zero-order chi connectivity index (χ0) is 16.0. The van der Waals surface area contributed by atoms with E-state index in [0.717, 1.165) is 25.1 Å². The molecule has 1 N–H and O–H groups in total. The number of halogens is 3. The number of amides is 1. The molecular formula is C15H20F3N3O. The summed E-state index contributed by atoms with van der Waals surface area (Å²) in [7, 11) is 0. The molecule has 1 aliphatic rings. The molecule has 1 amide bonds. The Labute approximate surface area is 127 Å². The summed E-state index contributed by atoms with van der Waals surface area (Å²) in [5, 5.41) is 3.21. The molecule has 0 aliphatic carbocycles. The Morgan fingerprint density at radius 2 is 2.27 bits per heavy atom. The molecule has 0 bridgehead atoms. The first-order valence-corrected chi connectivity index (χ1v) is 7.38. The van der Waals surface area contributed by atoms with Crippen molar-refractivity contribution in [3.8, 4) is 0 Å². The number of hydrogen-bond acceptors (Lipinski definition) is 3. The number of hydrogen-bond donors (Lipinski definition) is 1. The van der Waals surface area contributed by atoms with Gasteiger partial charge in [-0.05, 0) is 37.1 Å². The van der Waals surface area contributed by atoms with Crippen molar-refractivity contribution in [2.24, 2.45) is 5.92 Å². The highest BCUT2D eigenvalue weighted by Gasteiger charge is 2.30. The molecule has 0 saturated carbocycles. The van der Waals surface area contributed by atoms with Crippen LogP contribution in [-0.4, -0.2) is 41.6 Å². The summed E-state index contributed by atoms with van der Waals surface area (Å²) < 4.78 is 37.0. The van der Waals surface area contributed by atoms with Gasteiger partial charge in [-0.1, -0.05) is 6.07 Å². The maximum absolute atomic E-state index is 12.3. The number of nitrogens with zero attached hydrogens (tertiary/aromatic N) is 2. The van der Waals surface area contributed by atoms with E-state index in [0.29, 0.717) is 19.0 Å². The molecule has 2 rings (SSSR count). The minimum absolute atomic E-state index is 0.298. The zero-order valence-corrected chi connectivity index (χ0v) is 12.3. The zero-order valence-electron chi connectivity index (χ0n) is 12.3. The maximum Gasteiger partial charge on any atom is 0.389 e. The summed E-state index contributed by atoms with van der Waals surface area (Å²) in [6.07, 6.45) is -1.67. The van der Waals surface area contributed by atoms with E-state index in [1.807, 2.05) is 6.07 Å². The Kier molecular flexibility index (Phi) is 5.76. The fourth-order valence-corrected chi connectivity index (χ4v) is 2.56. The molecule has 1 fully saturated rings. The lowest BCUT2D eigenvalue weighted by Gasteiger charge is -2.26. The molecule has 1 aromatic heterocycles. The van der Waals surface area contributed by atoms with Crippen LogP contribution in [0.4, 0.5) is 13.2 Å². The van der Waals surface area contributed by atoms with Crippen LogP contribution in [0, 0.1) is 5.92 Å². The number of pyridine rings is 1. The standard InChI is InChI=1S/C15H20F3N3O/c16-15(17,18)5-3-14(22)21(11-13-4-7-20-9-13)10-12-2-1-6-19-8-12/h1-2,6,8,13,20H,3-5,7,9-11H2/t13-/m0/s1. The van der Waals surface area contributed by atoms with Crippen LogP contribution >= 0.6 is 0 Å². The van der Waals surface area contributed by atoms with E-state index in [4.69, 9.17) is 0 Å². The number of alkyl halides is 3. The van der Waals surface area contributed by atoms with Gasteiger partial charge in [0.25, 0.3) is 0 Å². The maximum atomic E-state index is 12.3. The van der Waals surface area contributed by atoms with Crippen molar-refractivity contribution in [2.45, 2.75) is 32.0 Å². The van der Waals surface area contributed by atoms with Crippen molar-refractivity contribution >= 4 is 5.91 Å². The second kappa shape index (κ2) is 7.58. The Balaban J connectivity index is 1.98. The number of rotatable bonds is 6. The van der Waals surface area contributed by atoms with Crippen LogP contribution in [0.1, 0.15) is 24.8 Å². The van der Waals surface area contributed by atoms with Crippen LogP contribution < -0.4 is 5.32 Å². The lowest BCUT2D eigenvalue weighted by atomic mass is 10.1. The molecule has 0 unspecified atom stereocenters. The van der Waals surface area contributed by atoms with Gasteiger partial charge < -0.3 is 10.2 Å². The van der Waals surface area contributed by atoms with Gasteiger partial charge in [-0.2, -0.15) is 13.2 Å². The quantitative estimate of drug-likeness (QED) is 0.876. The van der Waals surface area contributed by atoms with E-state index >= 15 is 0 Å². The Hall–Kier alpha value is -1.63. The molecule has 1 atom stereocenters. The molecular weight excluding hydrogens is 295 g/mol. The van der Waals surface area contributed by atoms with Gasteiger partial charge in [0.1, 0.15) is 0 Å². The molecule has 22 heavy (non-hydrogen) atoms. The van der Waals surface area contributed by atoms with E-state index in [2.05, 4.69) is 10.3 Å². The van der Waals surface area contributed by atoms with Crippen LogP contribution in [0.2, 0.25) is 0 Å². The Morgan fingerprint density at radius 3 is 2.86 bits per heavy atom. The minimum atomic E-state index is -4.30. The number of nitrogens with one attached hydrogen (secondary N) is 1. The predicted octanol–water partition coefficient (Wildman–Crippen LogP) is 2.36. The first-order valence-electron chi connectivity index (χ1n) is 7.38. The molecule has 7 heteroatoms. The van der Waals surface area contributed by atoms with E-state index in [9.17, 15) is 18.0 Å². The van der Waals surface area contributed by atoms with Gasteiger partial charge in [0.2, 0.25) is 5.91 Å². The fourth-order valence-electron chi connectivity index (χ4n) is 2.56. The molecule has 0 radical (unpaired) electrons. The molecule has 0 spiro atoms. The number of carbonyl (C=O) groups is 1. The lowest BCUT2D eigenvalue weighted by molar-refractivity contribution is -0.149. The van der Waals surface area contributed by atoms with Crippen LogP contribution in [0.25, 0.3) is 0 Å². The lowest BCUT2D eigenvalue weighted by Crippen LogP contribution is -2.36. The monoisotopic (exact) mass is 315 g/mol. The average Bonchev–Trinajstić information content (AvgIpc) is 2.97. The van der Waals surface area contributed by atoms with Crippen molar-refractivity contribution in [1.29, 1.82) is 0 Å². The molecule has 1 aliphatic heterocycles. The smallest absolute Gasteiger partial charge is 0.338 e. The van der Waals surface area contributed by atoms with Gasteiger partial charge in [0.15, 0.2) is 0 Å². The predicted molar refractivity (Wildman–Crippen MR) is 75.9 cm³/mol. The normalized spacial score (nSPS) is 18.4. The second-order valence-corrected chi connectivity index (χ2v) is 5.61. The van der Waals surface area contributed by atoms with Crippen LogP contribution in [0.3, 0.4) is 0 Å². The third-order valence-corrected chi connectivity index (χ3v) is 3.71. The molecule has 122 valence electrons. The summed E-state index contributed by atoms with van der Waals surface area (Å²) in [5.41, 5.74) is 0.828. The molecule has 2 heterocycles. The third-order valence-electron chi connectivity index (χ3n) is 3.71. The molecule has 4 nitrogen and oxygen atoms in total. The summed E-state index contributed by atoms with van der Waals surface area (Å²) in [6, 6.07) is 3.58. The summed E-state index contributed by atoms with van der Waals surface area (Å²) in [4.78, 5) is 17.7. The molecule has 1 aromatic rings. The van der Waals surface area contributed by atoms with E-state index in [1.165, 1.54) is 4.90 Å². The Bertz CT molecular complexity index is 473. The van der Waals surface area contributed by atoms with Crippen molar-refractivity contribution in [3.05, 3.63) is 30.1 Å². The van der Waals surface area contributed by atoms with Gasteiger partial charge in [0.05, 0.1) is 6.42 Å². The highest BCUT2D eigenvalue weighted by atomic mass is 19.4. The van der Waals surface area contributed by atoms with Crippen LogP contribution in [0.5, 0.6) is 0 Å². The number of aromatic nitrogens is 1. The summed E-state index contributed by atoms with van der Waals surface area (Å²) in [6.45, 7) is 2.48. The first-order chi connectivity index (χ1) is 10.4. The van der Waals surface area contributed by atoms with Gasteiger partial charge >= 0.3 is 6.18 Å². The fraction of sp³-hybridized carbons (Fsp3) is 0.600. The minimum Gasteiger partial charge on any atom is -0.338 e. The first kappa shape index (κ1) is 16.7. The van der Waals surface area contributed by atoms with Gasteiger partial charge in [0, 0.05) is 31.9 Å².